The van der Waals surface area contributed by atoms with Crippen LogP contribution in [0.1, 0.15) is 37.3 Å². The van der Waals surface area contributed by atoms with Crippen molar-refractivity contribution in [2.75, 3.05) is 17.6 Å². The Balaban J connectivity index is 1.99. The van der Waals surface area contributed by atoms with Crippen molar-refractivity contribution in [1.29, 1.82) is 0 Å². The molecule has 1 N–H and O–H groups in total. The van der Waals surface area contributed by atoms with Gasteiger partial charge >= 0.3 is 0 Å². The van der Waals surface area contributed by atoms with E-state index < -0.39 is 0 Å². The SMILES string of the molecule is CCCNc1nc(C2CCCS2)nc2sccc12. The van der Waals surface area contributed by atoms with Crippen molar-refractivity contribution in [2.45, 2.75) is 31.4 Å². The third kappa shape index (κ3) is 2.34. The number of fused-ring (bicyclic) bond motifs is 1. The number of nitrogens with zero attached hydrogens (tertiary/aromatic N) is 2. The van der Waals surface area contributed by atoms with Gasteiger partial charge in [0, 0.05) is 6.54 Å². The van der Waals surface area contributed by atoms with Crippen LogP contribution < -0.4 is 5.32 Å². The van der Waals surface area contributed by atoms with Gasteiger partial charge in [-0.05, 0) is 36.5 Å². The van der Waals surface area contributed by atoms with Crippen molar-refractivity contribution in [1.82, 2.24) is 9.97 Å². The molecule has 0 saturated carbocycles. The first-order valence-corrected chi connectivity index (χ1v) is 8.42. The third-order valence-electron chi connectivity index (χ3n) is 3.10. The Labute approximate surface area is 115 Å². The summed E-state index contributed by atoms with van der Waals surface area (Å²) in [4.78, 5) is 10.6. The maximum atomic E-state index is 4.76. The zero-order valence-corrected chi connectivity index (χ0v) is 12.1. The fourth-order valence-corrected chi connectivity index (χ4v) is 4.15. The van der Waals surface area contributed by atoms with Crippen LogP contribution in [0.3, 0.4) is 0 Å². The van der Waals surface area contributed by atoms with Crippen LogP contribution in [0.5, 0.6) is 0 Å². The number of rotatable bonds is 4. The Morgan fingerprint density at radius 3 is 3.17 bits per heavy atom. The average Bonchev–Trinajstić information content (AvgIpc) is 3.05. The highest BCUT2D eigenvalue weighted by Crippen LogP contribution is 2.39. The largest absolute Gasteiger partial charge is 0.369 e. The van der Waals surface area contributed by atoms with E-state index in [-0.39, 0.29) is 0 Å². The standard InChI is InChI=1S/C13H17N3S2/c1-2-6-14-11-9-5-8-18-13(9)16-12(15-11)10-4-3-7-17-10/h5,8,10H,2-4,6-7H2,1H3,(H,14,15,16). The first-order chi connectivity index (χ1) is 8.88. The van der Waals surface area contributed by atoms with E-state index in [1.807, 2.05) is 11.8 Å². The molecular formula is C13H17N3S2. The number of thiophene rings is 1. The molecule has 2 aromatic rings. The highest BCUT2D eigenvalue weighted by Gasteiger charge is 2.22. The van der Waals surface area contributed by atoms with Crippen LogP contribution in [-0.2, 0) is 0 Å². The lowest BCUT2D eigenvalue weighted by Gasteiger charge is -2.11. The van der Waals surface area contributed by atoms with E-state index in [0.29, 0.717) is 5.25 Å². The number of hydrogen-bond donors (Lipinski definition) is 1. The molecule has 0 aliphatic carbocycles. The van der Waals surface area contributed by atoms with Crippen LogP contribution in [0.2, 0.25) is 0 Å². The minimum Gasteiger partial charge on any atom is -0.369 e. The molecule has 18 heavy (non-hydrogen) atoms. The van der Waals surface area contributed by atoms with Gasteiger partial charge in [0.15, 0.2) is 0 Å². The highest BCUT2D eigenvalue weighted by molar-refractivity contribution is 7.99. The molecule has 2 aromatic heterocycles. The molecule has 1 fully saturated rings. The van der Waals surface area contributed by atoms with Crippen LogP contribution >= 0.6 is 23.1 Å². The lowest BCUT2D eigenvalue weighted by atomic mass is 10.2. The van der Waals surface area contributed by atoms with E-state index in [0.717, 1.165) is 29.4 Å². The Morgan fingerprint density at radius 1 is 1.44 bits per heavy atom. The fraction of sp³-hybridized carbons (Fsp3) is 0.538. The van der Waals surface area contributed by atoms with Crippen molar-refractivity contribution in [3.05, 3.63) is 17.3 Å². The average molecular weight is 279 g/mol. The van der Waals surface area contributed by atoms with E-state index in [9.17, 15) is 0 Å². The summed E-state index contributed by atoms with van der Waals surface area (Å²) in [5.41, 5.74) is 0. The third-order valence-corrected chi connectivity index (χ3v) is 5.28. The molecule has 3 nitrogen and oxygen atoms in total. The minimum absolute atomic E-state index is 0.499. The summed E-state index contributed by atoms with van der Waals surface area (Å²) in [6.07, 6.45) is 3.62. The summed E-state index contributed by atoms with van der Waals surface area (Å²) in [5, 5.41) is 7.20. The van der Waals surface area contributed by atoms with Crippen molar-refractivity contribution < 1.29 is 0 Å². The van der Waals surface area contributed by atoms with Gasteiger partial charge in [-0.1, -0.05) is 6.92 Å². The van der Waals surface area contributed by atoms with Crippen molar-refractivity contribution in [3.63, 3.8) is 0 Å². The molecule has 0 bridgehead atoms. The molecule has 1 aliphatic rings. The number of nitrogens with one attached hydrogen (secondary N) is 1. The molecule has 0 radical (unpaired) electrons. The normalized spacial score (nSPS) is 19.5. The fourth-order valence-electron chi connectivity index (χ4n) is 2.18. The minimum atomic E-state index is 0.499. The van der Waals surface area contributed by atoms with Crippen LogP contribution in [0.15, 0.2) is 11.4 Å². The summed E-state index contributed by atoms with van der Waals surface area (Å²) in [6, 6.07) is 2.11. The van der Waals surface area contributed by atoms with Gasteiger partial charge in [-0.2, -0.15) is 11.8 Å². The predicted octanol–water partition coefficient (Wildman–Crippen LogP) is 4.08. The van der Waals surface area contributed by atoms with E-state index >= 15 is 0 Å². The molecule has 0 spiro atoms. The first kappa shape index (κ1) is 12.2. The summed E-state index contributed by atoms with van der Waals surface area (Å²) in [6.45, 7) is 3.14. The molecule has 0 aromatic carbocycles. The zero-order chi connectivity index (χ0) is 12.4. The molecule has 1 unspecified atom stereocenters. The lowest BCUT2D eigenvalue weighted by molar-refractivity contribution is 0.783. The summed E-state index contributed by atoms with van der Waals surface area (Å²) >= 11 is 3.70. The quantitative estimate of drug-likeness (QED) is 0.915. The van der Waals surface area contributed by atoms with E-state index in [1.54, 1.807) is 11.3 Å². The summed E-state index contributed by atoms with van der Waals surface area (Å²) < 4.78 is 0. The lowest BCUT2D eigenvalue weighted by Crippen LogP contribution is -2.06. The second kappa shape index (κ2) is 5.45. The van der Waals surface area contributed by atoms with Crippen molar-refractivity contribution >= 4 is 39.1 Å². The van der Waals surface area contributed by atoms with Crippen molar-refractivity contribution in [3.8, 4) is 0 Å². The second-order valence-corrected chi connectivity index (χ2v) is 6.70. The Hall–Kier alpha value is -0.810. The number of aromatic nitrogens is 2. The molecular weight excluding hydrogens is 262 g/mol. The first-order valence-electron chi connectivity index (χ1n) is 6.49. The second-order valence-electron chi connectivity index (χ2n) is 4.50. The van der Waals surface area contributed by atoms with Crippen molar-refractivity contribution in [2.24, 2.45) is 0 Å². The van der Waals surface area contributed by atoms with E-state index in [4.69, 9.17) is 9.97 Å². The molecule has 1 saturated heterocycles. The molecule has 3 heterocycles. The van der Waals surface area contributed by atoms with E-state index in [1.165, 1.54) is 24.0 Å². The van der Waals surface area contributed by atoms with Crippen LogP contribution in [0.25, 0.3) is 10.2 Å². The monoisotopic (exact) mass is 279 g/mol. The molecule has 96 valence electrons. The summed E-state index contributed by atoms with van der Waals surface area (Å²) in [5.74, 6) is 3.28. The molecule has 1 aliphatic heterocycles. The Morgan fingerprint density at radius 2 is 2.39 bits per heavy atom. The highest BCUT2D eigenvalue weighted by atomic mass is 32.2. The molecule has 0 amide bonds. The number of anilines is 1. The Bertz CT molecular complexity index is 532. The topological polar surface area (TPSA) is 37.8 Å². The van der Waals surface area contributed by atoms with Gasteiger partial charge in [0.2, 0.25) is 0 Å². The molecule has 1 atom stereocenters. The maximum Gasteiger partial charge on any atom is 0.145 e. The number of thioether (sulfide) groups is 1. The van der Waals surface area contributed by atoms with Crippen LogP contribution in [-0.4, -0.2) is 22.3 Å². The van der Waals surface area contributed by atoms with E-state index in [2.05, 4.69) is 23.7 Å². The summed E-state index contributed by atoms with van der Waals surface area (Å²) in [7, 11) is 0. The van der Waals surface area contributed by atoms with Gasteiger partial charge in [-0.25, -0.2) is 9.97 Å². The van der Waals surface area contributed by atoms with Gasteiger partial charge in [-0.3, -0.25) is 0 Å². The molecule has 3 rings (SSSR count). The molecule has 5 heteroatoms. The van der Waals surface area contributed by atoms with Crippen LogP contribution in [0, 0.1) is 0 Å². The van der Waals surface area contributed by atoms with Gasteiger partial charge in [0.05, 0.1) is 10.6 Å². The maximum absolute atomic E-state index is 4.76. The Kier molecular flexibility index (Phi) is 3.70. The van der Waals surface area contributed by atoms with Gasteiger partial charge in [-0.15, -0.1) is 11.3 Å². The predicted molar refractivity (Wildman–Crippen MR) is 80.6 cm³/mol. The van der Waals surface area contributed by atoms with Crippen LogP contribution in [0.4, 0.5) is 5.82 Å². The van der Waals surface area contributed by atoms with Gasteiger partial charge in [0.25, 0.3) is 0 Å². The van der Waals surface area contributed by atoms with Gasteiger partial charge < -0.3 is 5.32 Å². The number of hydrogen-bond acceptors (Lipinski definition) is 5. The smallest absolute Gasteiger partial charge is 0.145 e. The zero-order valence-electron chi connectivity index (χ0n) is 10.5. The van der Waals surface area contributed by atoms with Gasteiger partial charge in [0.1, 0.15) is 16.5 Å².